The average molecular weight is 431 g/mol. The van der Waals surface area contributed by atoms with Gasteiger partial charge in [0, 0.05) is 36.5 Å². The summed E-state index contributed by atoms with van der Waals surface area (Å²) in [7, 11) is 1.64. The van der Waals surface area contributed by atoms with Crippen LogP contribution in [0.15, 0.2) is 41.0 Å². The molecule has 0 radical (unpaired) electrons. The van der Waals surface area contributed by atoms with Crippen LogP contribution in [-0.2, 0) is 4.79 Å². The number of benzene rings is 1. The van der Waals surface area contributed by atoms with Crippen LogP contribution in [-0.4, -0.2) is 48.4 Å². The molecule has 3 rings (SSSR count). The van der Waals surface area contributed by atoms with Gasteiger partial charge >= 0.3 is 0 Å². The molecule has 0 atom stereocenters. The number of carbonyl (C=O) groups excluding carboxylic acids is 2. The maximum atomic E-state index is 12.9. The van der Waals surface area contributed by atoms with Gasteiger partial charge in [0.05, 0.1) is 12.1 Å². The summed E-state index contributed by atoms with van der Waals surface area (Å²) in [6.45, 7) is 3.71. The highest BCUT2D eigenvalue weighted by atomic mass is 79.9. The zero-order valence-corrected chi connectivity index (χ0v) is 17.1. The average Bonchev–Trinajstić information content (AvgIpc) is 3.18. The third-order valence-electron chi connectivity index (χ3n) is 4.61. The van der Waals surface area contributed by atoms with Gasteiger partial charge in [-0.3, -0.25) is 9.59 Å². The SMILES string of the molecule is Cc1cc(Br)ccc1NC(=O)CN(C)C(=O)c1cccnc1N1CCCC1. The topological polar surface area (TPSA) is 65.5 Å². The molecule has 2 heterocycles. The molecule has 0 saturated carbocycles. The lowest BCUT2D eigenvalue weighted by molar-refractivity contribution is -0.116. The number of carbonyl (C=O) groups is 2. The van der Waals surface area contributed by atoms with Gasteiger partial charge < -0.3 is 15.1 Å². The molecule has 1 aliphatic heterocycles. The number of aromatic nitrogens is 1. The summed E-state index contributed by atoms with van der Waals surface area (Å²) in [6, 6.07) is 9.17. The summed E-state index contributed by atoms with van der Waals surface area (Å²) in [6.07, 6.45) is 3.91. The summed E-state index contributed by atoms with van der Waals surface area (Å²) in [5, 5.41) is 2.86. The van der Waals surface area contributed by atoms with Crippen LogP contribution in [0.4, 0.5) is 11.5 Å². The van der Waals surface area contributed by atoms with Gasteiger partial charge in [-0.2, -0.15) is 0 Å². The highest BCUT2D eigenvalue weighted by Gasteiger charge is 2.23. The van der Waals surface area contributed by atoms with E-state index in [1.165, 1.54) is 4.90 Å². The Kier molecular flexibility index (Phi) is 6.11. The summed E-state index contributed by atoms with van der Waals surface area (Å²) in [5.41, 5.74) is 2.23. The van der Waals surface area contributed by atoms with E-state index < -0.39 is 0 Å². The molecular formula is C20H23BrN4O2. The Bertz CT molecular complexity index is 850. The highest BCUT2D eigenvalue weighted by Crippen LogP contribution is 2.23. The molecule has 6 nitrogen and oxygen atoms in total. The monoisotopic (exact) mass is 430 g/mol. The van der Waals surface area contributed by atoms with Crippen molar-refractivity contribution in [2.75, 3.05) is 36.9 Å². The first-order valence-corrected chi connectivity index (χ1v) is 9.76. The lowest BCUT2D eigenvalue weighted by atomic mass is 10.2. The number of nitrogens with one attached hydrogen (secondary N) is 1. The summed E-state index contributed by atoms with van der Waals surface area (Å²) in [4.78, 5) is 33.3. The minimum atomic E-state index is -0.233. The minimum absolute atomic E-state index is 0.0251. The van der Waals surface area contributed by atoms with Crippen molar-refractivity contribution >= 4 is 39.2 Å². The van der Waals surface area contributed by atoms with Crippen LogP contribution in [0.1, 0.15) is 28.8 Å². The number of likely N-dealkylation sites (N-methyl/N-ethyl adjacent to an activating group) is 1. The molecule has 0 aliphatic carbocycles. The molecule has 0 bridgehead atoms. The molecule has 2 aromatic rings. The van der Waals surface area contributed by atoms with E-state index in [0.29, 0.717) is 11.4 Å². The van der Waals surface area contributed by atoms with Crippen LogP contribution in [0.3, 0.4) is 0 Å². The van der Waals surface area contributed by atoms with E-state index in [-0.39, 0.29) is 18.4 Å². The number of aryl methyl sites for hydroxylation is 1. The second-order valence-corrected chi connectivity index (χ2v) is 7.65. The zero-order chi connectivity index (χ0) is 19.4. The third kappa shape index (κ3) is 4.66. The van der Waals surface area contributed by atoms with Gasteiger partial charge in [0.2, 0.25) is 5.91 Å². The van der Waals surface area contributed by atoms with Gasteiger partial charge in [-0.05, 0) is 55.7 Å². The predicted octanol–water partition coefficient (Wildman–Crippen LogP) is 3.46. The standard InChI is InChI=1S/C20H23BrN4O2/c1-14-12-15(21)7-8-17(14)23-18(26)13-24(2)20(27)16-6-5-9-22-19(16)25-10-3-4-11-25/h5-9,12H,3-4,10-11,13H2,1-2H3,(H,23,26). The Morgan fingerprint density at radius 2 is 2.00 bits per heavy atom. The van der Waals surface area contributed by atoms with E-state index in [0.717, 1.165) is 41.7 Å². The quantitative estimate of drug-likeness (QED) is 0.788. The van der Waals surface area contributed by atoms with Gasteiger partial charge in [0.15, 0.2) is 0 Å². The first-order valence-electron chi connectivity index (χ1n) is 8.97. The minimum Gasteiger partial charge on any atom is -0.356 e. The maximum Gasteiger partial charge on any atom is 0.257 e. The van der Waals surface area contributed by atoms with Crippen molar-refractivity contribution in [3.63, 3.8) is 0 Å². The van der Waals surface area contributed by atoms with Gasteiger partial charge in [-0.15, -0.1) is 0 Å². The number of pyridine rings is 1. The second kappa shape index (κ2) is 8.52. The molecule has 1 aromatic heterocycles. The molecule has 1 N–H and O–H groups in total. The van der Waals surface area contributed by atoms with Crippen LogP contribution in [0.2, 0.25) is 0 Å². The van der Waals surface area contributed by atoms with Crippen molar-refractivity contribution in [3.05, 3.63) is 52.1 Å². The van der Waals surface area contributed by atoms with E-state index >= 15 is 0 Å². The first kappa shape index (κ1) is 19.4. The fourth-order valence-corrected chi connectivity index (χ4v) is 3.67. The van der Waals surface area contributed by atoms with E-state index in [9.17, 15) is 9.59 Å². The highest BCUT2D eigenvalue weighted by molar-refractivity contribution is 9.10. The molecule has 1 fully saturated rings. The number of nitrogens with zero attached hydrogens (tertiary/aromatic N) is 3. The number of hydrogen-bond acceptors (Lipinski definition) is 4. The van der Waals surface area contributed by atoms with Crippen LogP contribution < -0.4 is 10.2 Å². The van der Waals surface area contributed by atoms with E-state index in [1.54, 1.807) is 25.4 Å². The first-order chi connectivity index (χ1) is 13.0. The van der Waals surface area contributed by atoms with Crippen molar-refractivity contribution < 1.29 is 9.59 Å². The normalized spacial score (nSPS) is 13.5. The lowest BCUT2D eigenvalue weighted by Crippen LogP contribution is -2.36. The van der Waals surface area contributed by atoms with Crippen molar-refractivity contribution in [2.24, 2.45) is 0 Å². The van der Waals surface area contributed by atoms with Crippen molar-refractivity contribution in [1.29, 1.82) is 0 Å². The van der Waals surface area contributed by atoms with Crippen LogP contribution in [0.5, 0.6) is 0 Å². The smallest absolute Gasteiger partial charge is 0.257 e. The van der Waals surface area contributed by atoms with E-state index in [1.807, 2.05) is 25.1 Å². The van der Waals surface area contributed by atoms with Crippen molar-refractivity contribution in [3.8, 4) is 0 Å². The molecular weight excluding hydrogens is 408 g/mol. The second-order valence-electron chi connectivity index (χ2n) is 6.74. The number of anilines is 2. The molecule has 2 amide bonds. The molecule has 1 aliphatic rings. The predicted molar refractivity (Wildman–Crippen MR) is 110 cm³/mol. The number of halogens is 1. The number of rotatable bonds is 5. The Labute approximate surface area is 167 Å². The Morgan fingerprint density at radius 1 is 1.26 bits per heavy atom. The largest absolute Gasteiger partial charge is 0.356 e. The lowest BCUT2D eigenvalue weighted by Gasteiger charge is -2.22. The van der Waals surface area contributed by atoms with Gasteiger partial charge in [0.1, 0.15) is 5.82 Å². The molecule has 0 unspecified atom stereocenters. The molecule has 27 heavy (non-hydrogen) atoms. The Hall–Kier alpha value is -2.41. The van der Waals surface area contributed by atoms with Gasteiger partial charge in [0.25, 0.3) is 5.91 Å². The van der Waals surface area contributed by atoms with E-state index in [2.05, 4.69) is 31.1 Å². The fourth-order valence-electron chi connectivity index (χ4n) is 3.19. The van der Waals surface area contributed by atoms with Gasteiger partial charge in [-0.25, -0.2) is 4.98 Å². The van der Waals surface area contributed by atoms with Gasteiger partial charge in [-0.1, -0.05) is 15.9 Å². The molecule has 7 heteroatoms. The van der Waals surface area contributed by atoms with Crippen molar-refractivity contribution in [1.82, 2.24) is 9.88 Å². The molecule has 142 valence electrons. The van der Waals surface area contributed by atoms with E-state index in [4.69, 9.17) is 0 Å². The summed E-state index contributed by atoms with van der Waals surface area (Å²) in [5.74, 6) is 0.270. The van der Waals surface area contributed by atoms with Crippen molar-refractivity contribution in [2.45, 2.75) is 19.8 Å². The third-order valence-corrected chi connectivity index (χ3v) is 5.11. The van der Waals surface area contributed by atoms with Crippen LogP contribution >= 0.6 is 15.9 Å². The number of hydrogen-bond donors (Lipinski definition) is 1. The Balaban J connectivity index is 1.68. The van der Waals surface area contributed by atoms with Crippen LogP contribution in [0.25, 0.3) is 0 Å². The maximum absolute atomic E-state index is 12.9. The molecule has 0 spiro atoms. The summed E-state index contributed by atoms with van der Waals surface area (Å²) < 4.78 is 0.955. The molecule has 1 aromatic carbocycles. The molecule has 1 saturated heterocycles. The Morgan fingerprint density at radius 3 is 2.70 bits per heavy atom. The summed E-state index contributed by atoms with van der Waals surface area (Å²) >= 11 is 3.41. The fraction of sp³-hybridized carbons (Fsp3) is 0.350. The number of amides is 2. The van der Waals surface area contributed by atoms with Crippen LogP contribution in [0, 0.1) is 6.92 Å². The zero-order valence-electron chi connectivity index (χ0n) is 15.5.